The number of hydrogen-bond acceptors (Lipinski definition) is 6. The Kier molecular flexibility index (Phi) is 7.11. The maximum absolute atomic E-state index is 9.41. The van der Waals surface area contributed by atoms with Gasteiger partial charge < -0.3 is 24.4 Å². The van der Waals surface area contributed by atoms with Gasteiger partial charge in [0.05, 0.1) is 18.2 Å². The minimum absolute atomic E-state index is 0.130. The quantitative estimate of drug-likeness (QED) is 0.642. The molecule has 0 aliphatic carbocycles. The Bertz CT molecular complexity index is 668. The molecule has 1 unspecified atom stereocenters. The molecule has 1 aromatic heterocycles. The van der Waals surface area contributed by atoms with E-state index in [9.17, 15) is 5.11 Å². The van der Waals surface area contributed by atoms with Gasteiger partial charge in [0.15, 0.2) is 5.75 Å². The molecule has 130 valence electrons. The van der Waals surface area contributed by atoms with E-state index in [1.807, 2.05) is 24.3 Å². The number of aromatic nitrogens is 1. The zero-order valence-electron chi connectivity index (χ0n) is 12.9. The van der Waals surface area contributed by atoms with E-state index in [0.29, 0.717) is 10.2 Å². The highest BCUT2D eigenvalue weighted by Crippen LogP contribution is 2.36. The van der Waals surface area contributed by atoms with E-state index in [1.165, 1.54) is 0 Å². The molecule has 1 atom stereocenters. The highest BCUT2D eigenvalue weighted by Gasteiger charge is 2.15. The van der Waals surface area contributed by atoms with Crippen LogP contribution in [0.4, 0.5) is 0 Å². The summed E-state index contributed by atoms with van der Waals surface area (Å²) in [6, 6.07) is 9.02. The van der Waals surface area contributed by atoms with Crippen LogP contribution >= 0.6 is 27.5 Å². The molecule has 1 heterocycles. The summed E-state index contributed by atoms with van der Waals surface area (Å²) in [7, 11) is 1.60. The molecule has 1 aromatic carbocycles. The van der Waals surface area contributed by atoms with Crippen LogP contribution in [-0.2, 0) is 6.61 Å². The van der Waals surface area contributed by atoms with Crippen molar-refractivity contribution < 1.29 is 24.4 Å². The van der Waals surface area contributed by atoms with Gasteiger partial charge in [-0.05, 0) is 39.7 Å². The second kappa shape index (κ2) is 9.08. The Morgan fingerprint density at radius 1 is 1.25 bits per heavy atom. The van der Waals surface area contributed by atoms with E-state index < -0.39 is 12.7 Å². The predicted octanol–water partition coefficient (Wildman–Crippen LogP) is 2.82. The summed E-state index contributed by atoms with van der Waals surface area (Å²) in [5.74, 6) is 1.26. The first-order valence-corrected chi connectivity index (χ1v) is 8.24. The second-order valence-electron chi connectivity index (χ2n) is 4.85. The summed E-state index contributed by atoms with van der Waals surface area (Å²) in [6.45, 7) is -0.260. The molecule has 0 radical (unpaired) electrons. The number of aliphatic hydroxyl groups is 2. The van der Waals surface area contributed by atoms with Gasteiger partial charge in [-0.25, -0.2) is 0 Å². The Morgan fingerprint density at radius 3 is 2.58 bits per heavy atom. The van der Waals surface area contributed by atoms with Crippen LogP contribution in [0.1, 0.15) is 5.56 Å². The molecule has 24 heavy (non-hydrogen) atoms. The standard InChI is InChI=1S/C16H17BrClNO5/c1-22-12-4-2-10(3-5-12)8-23-15-13(17)6-14(18)19-16(15)24-9-11(21)7-20/h2-6,11,20-21H,7-9H2,1H3. The maximum Gasteiger partial charge on any atom is 0.259 e. The van der Waals surface area contributed by atoms with Crippen molar-refractivity contribution in [3.05, 3.63) is 45.5 Å². The number of methoxy groups -OCH3 is 1. The molecule has 0 bridgehead atoms. The van der Waals surface area contributed by atoms with E-state index in [4.69, 9.17) is 30.9 Å². The Morgan fingerprint density at radius 2 is 1.96 bits per heavy atom. The summed E-state index contributed by atoms with van der Waals surface area (Å²) in [4.78, 5) is 4.06. The molecule has 0 aliphatic rings. The van der Waals surface area contributed by atoms with E-state index in [2.05, 4.69) is 20.9 Å². The highest BCUT2D eigenvalue weighted by atomic mass is 79.9. The number of aliphatic hydroxyl groups excluding tert-OH is 2. The van der Waals surface area contributed by atoms with Gasteiger partial charge in [-0.15, -0.1) is 0 Å². The first-order valence-electron chi connectivity index (χ1n) is 7.07. The van der Waals surface area contributed by atoms with Crippen molar-refractivity contribution in [3.63, 3.8) is 0 Å². The van der Waals surface area contributed by atoms with Gasteiger partial charge in [-0.2, -0.15) is 4.98 Å². The lowest BCUT2D eigenvalue weighted by Crippen LogP contribution is -2.22. The van der Waals surface area contributed by atoms with Crippen LogP contribution in [0, 0.1) is 0 Å². The van der Waals surface area contributed by atoms with Crippen molar-refractivity contribution in [2.24, 2.45) is 0 Å². The zero-order valence-corrected chi connectivity index (χ0v) is 15.2. The summed E-state index contributed by atoms with van der Waals surface area (Å²) >= 11 is 9.28. The molecule has 2 rings (SSSR count). The molecule has 0 spiro atoms. The zero-order chi connectivity index (χ0) is 17.5. The van der Waals surface area contributed by atoms with Crippen LogP contribution in [0.3, 0.4) is 0 Å². The molecule has 0 amide bonds. The lowest BCUT2D eigenvalue weighted by Gasteiger charge is -2.15. The van der Waals surface area contributed by atoms with Gasteiger partial charge in [-0.1, -0.05) is 23.7 Å². The predicted molar refractivity (Wildman–Crippen MR) is 92.9 cm³/mol. The van der Waals surface area contributed by atoms with Gasteiger partial charge in [0.1, 0.15) is 30.2 Å². The molecular formula is C16H17BrClNO5. The molecule has 0 saturated carbocycles. The molecule has 0 aliphatic heterocycles. The number of pyridine rings is 1. The topological polar surface area (TPSA) is 81.0 Å². The number of ether oxygens (including phenoxy) is 3. The Labute approximate surface area is 153 Å². The summed E-state index contributed by atoms with van der Waals surface area (Å²) in [6.07, 6.45) is -1.01. The minimum Gasteiger partial charge on any atom is -0.497 e. The summed E-state index contributed by atoms with van der Waals surface area (Å²) in [5, 5.41) is 18.5. The van der Waals surface area contributed by atoms with Gasteiger partial charge in [0.2, 0.25) is 0 Å². The maximum atomic E-state index is 9.41. The summed E-state index contributed by atoms with van der Waals surface area (Å²) < 4.78 is 16.9. The molecule has 0 fully saturated rings. The third-order valence-electron chi connectivity index (χ3n) is 3.03. The summed E-state index contributed by atoms with van der Waals surface area (Å²) in [5.41, 5.74) is 0.930. The number of halogens is 2. The molecule has 6 nitrogen and oxygen atoms in total. The Hall–Kier alpha value is -1.54. The van der Waals surface area contributed by atoms with Crippen LogP contribution in [0.25, 0.3) is 0 Å². The van der Waals surface area contributed by atoms with Crippen LogP contribution in [0.2, 0.25) is 5.15 Å². The van der Waals surface area contributed by atoms with Gasteiger partial charge >= 0.3 is 0 Å². The minimum atomic E-state index is -1.01. The molecule has 0 saturated heterocycles. The number of nitrogens with zero attached hydrogens (tertiary/aromatic N) is 1. The largest absolute Gasteiger partial charge is 0.497 e. The van der Waals surface area contributed by atoms with E-state index >= 15 is 0 Å². The van der Waals surface area contributed by atoms with Gasteiger partial charge in [0, 0.05) is 0 Å². The molecule has 2 aromatic rings. The van der Waals surface area contributed by atoms with E-state index in [-0.39, 0.29) is 24.2 Å². The average molecular weight is 419 g/mol. The number of rotatable bonds is 8. The van der Waals surface area contributed by atoms with Crippen LogP contribution in [-0.4, -0.2) is 41.6 Å². The molecular weight excluding hydrogens is 402 g/mol. The fourth-order valence-corrected chi connectivity index (χ4v) is 2.60. The van der Waals surface area contributed by atoms with E-state index in [1.54, 1.807) is 13.2 Å². The first-order chi connectivity index (χ1) is 11.5. The normalized spacial score (nSPS) is 11.9. The fraction of sp³-hybridized carbons (Fsp3) is 0.312. The van der Waals surface area contributed by atoms with Crippen molar-refractivity contribution in [3.8, 4) is 17.4 Å². The Balaban J connectivity index is 2.12. The fourth-order valence-electron chi connectivity index (χ4n) is 1.79. The first kappa shape index (κ1) is 18.8. The van der Waals surface area contributed by atoms with Crippen molar-refractivity contribution in [1.82, 2.24) is 4.98 Å². The smallest absolute Gasteiger partial charge is 0.259 e. The van der Waals surface area contributed by atoms with Crippen LogP contribution in [0.5, 0.6) is 17.4 Å². The van der Waals surface area contributed by atoms with E-state index in [0.717, 1.165) is 11.3 Å². The van der Waals surface area contributed by atoms with Crippen molar-refractivity contribution >= 4 is 27.5 Å². The lowest BCUT2D eigenvalue weighted by molar-refractivity contribution is 0.0507. The second-order valence-corrected chi connectivity index (χ2v) is 6.09. The van der Waals surface area contributed by atoms with Crippen molar-refractivity contribution in [1.29, 1.82) is 0 Å². The van der Waals surface area contributed by atoms with Gasteiger partial charge in [0.25, 0.3) is 5.88 Å². The number of benzene rings is 1. The van der Waals surface area contributed by atoms with Crippen molar-refractivity contribution in [2.75, 3.05) is 20.3 Å². The van der Waals surface area contributed by atoms with Crippen LogP contribution in [0.15, 0.2) is 34.8 Å². The van der Waals surface area contributed by atoms with Crippen LogP contribution < -0.4 is 14.2 Å². The van der Waals surface area contributed by atoms with Crippen molar-refractivity contribution in [2.45, 2.75) is 12.7 Å². The monoisotopic (exact) mass is 417 g/mol. The van der Waals surface area contributed by atoms with Gasteiger partial charge in [-0.3, -0.25) is 0 Å². The lowest BCUT2D eigenvalue weighted by atomic mass is 10.2. The number of hydrogen-bond donors (Lipinski definition) is 2. The third kappa shape index (κ3) is 5.24. The average Bonchev–Trinajstić information content (AvgIpc) is 2.59. The highest BCUT2D eigenvalue weighted by molar-refractivity contribution is 9.10. The third-order valence-corrected chi connectivity index (χ3v) is 3.81. The molecule has 2 N–H and O–H groups in total. The SMILES string of the molecule is COc1ccc(COc2c(Br)cc(Cl)nc2OCC(O)CO)cc1. The molecule has 8 heteroatoms.